The van der Waals surface area contributed by atoms with E-state index in [9.17, 15) is 4.39 Å². The Labute approximate surface area is 95.8 Å². The van der Waals surface area contributed by atoms with E-state index < -0.39 is 0 Å². The number of halogens is 1. The Balaban J connectivity index is 3.02. The molecule has 0 unspecified atom stereocenters. The van der Waals surface area contributed by atoms with Crippen molar-refractivity contribution in [3.8, 4) is 0 Å². The number of aromatic nitrogens is 1. The number of nitrogens with two attached hydrogens (primary N) is 1. The average molecular weight is 223 g/mol. The third kappa shape index (κ3) is 2.79. The first-order chi connectivity index (χ1) is 7.74. The van der Waals surface area contributed by atoms with Crippen LogP contribution in [-0.2, 0) is 6.54 Å². The van der Waals surface area contributed by atoms with Crippen LogP contribution in [0.3, 0.4) is 0 Å². The highest BCUT2D eigenvalue weighted by Crippen LogP contribution is 2.19. The van der Waals surface area contributed by atoms with Gasteiger partial charge in [-0.25, -0.2) is 9.37 Å². The van der Waals surface area contributed by atoms with E-state index in [-0.39, 0.29) is 12.4 Å². The van der Waals surface area contributed by atoms with Gasteiger partial charge in [-0.1, -0.05) is 13.0 Å². The molecule has 0 aliphatic carbocycles. The van der Waals surface area contributed by atoms with Gasteiger partial charge in [0.15, 0.2) is 11.6 Å². The van der Waals surface area contributed by atoms with Crippen molar-refractivity contribution in [1.82, 2.24) is 4.98 Å². The molecule has 0 saturated carbocycles. The van der Waals surface area contributed by atoms with Crippen LogP contribution in [0.15, 0.2) is 24.9 Å². The molecular weight excluding hydrogens is 205 g/mol. The van der Waals surface area contributed by atoms with Crippen molar-refractivity contribution in [2.75, 3.05) is 18.0 Å². The largest absolute Gasteiger partial charge is 0.350 e. The SMILES string of the molecule is C=CCN(CCC)c1nccc(CN)c1F. The molecule has 0 saturated heterocycles. The van der Waals surface area contributed by atoms with Crippen LogP contribution in [0.25, 0.3) is 0 Å². The average Bonchev–Trinajstić information content (AvgIpc) is 2.29. The van der Waals surface area contributed by atoms with Crippen molar-refractivity contribution in [1.29, 1.82) is 0 Å². The summed E-state index contributed by atoms with van der Waals surface area (Å²) in [6.45, 7) is 7.24. The Morgan fingerprint density at radius 3 is 2.94 bits per heavy atom. The molecule has 2 N–H and O–H groups in total. The van der Waals surface area contributed by atoms with Crippen LogP contribution in [0.2, 0.25) is 0 Å². The van der Waals surface area contributed by atoms with E-state index >= 15 is 0 Å². The molecule has 3 nitrogen and oxygen atoms in total. The van der Waals surface area contributed by atoms with Gasteiger partial charge in [0, 0.05) is 31.4 Å². The van der Waals surface area contributed by atoms with Crippen LogP contribution in [0.1, 0.15) is 18.9 Å². The minimum atomic E-state index is -0.319. The van der Waals surface area contributed by atoms with Crippen LogP contribution in [0.4, 0.5) is 10.2 Å². The predicted molar refractivity (Wildman–Crippen MR) is 64.8 cm³/mol. The summed E-state index contributed by atoms with van der Waals surface area (Å²) in [7, 11) is 0. The van der Waals surface area contributed by atoms with Crippen LogP contribution >= 0.6 is 0 Å². The van der Waals surface area contributed by atoms with Gasteiger partial charge in [-0.05, 0) is 12.5 Å². The Morgan fingerprint density at radius 2 is 2.38 bits per heavy atom. The highest BCUT2D eigenvalue weighted by atomic mass is 19.1. The molecule has 1 rings (SSSR count). The molecule has 1 aromatic rings. The Kier molecular flexibility index (Phi) is 4.92. The molecule has 0 fully saturated rings. The molecule has 0 aliphatic heterocycles. The van der Waals surface area contributed by atoms with E-state index in [1.54, 1.807) is 18.3 Å². The monoisotopic (exact) mass is 223 g/mol. The Hall–Kier alpha value is -1.42. The molecular formula is C12H18FN3. The molecule has 0 spiro atoms. The first-order valence-electron chi connectivity index (χ1n) is 5.43. The van der Waals surface area contributed by atoms with E-state index in [0.717, 1.165) is 13.0 Å². The number of hydrogen-bond acceptors (Lipinski definition) is 3. The molecule has 16 heavy (non-hydrogen) atoms. The maximum Gasteiger partial charge on any atom is 0.170 e. The van der Waals surface area contributed by atoms with Gasteiger partial charge in [0.1, 0.15) is 0 Å². The minimum Gasteiger partial charge on any atom is -0.350 e. The topological polar surface area (TPSA) is 42.2 Å². The third-order valence-electron chi connectivity index (χ3n) is 2.31. The van der Waals surface area contributed by atoms with Crippen molar-refractivity contribution < 1.29 is 4.39 Å². The first kappa shape index (κ1) is 12.6. The summed E-state index contributed by atoms with van der Waals surface area (Å²) < 4.78 is 14.0. The molecule has 0 bridgehead atoms. The maximum atomic E-state index is 14.0. The summed E-state index contributed by atoms with van der Waals surface area (Å²) in [5.41, 5.74) is 5.96. The number of anilines is 1. The highest BCUT2D eigenvalue weighted by Gasteiger charge is 2.13. The Morgan fingerprint density at radius 1 is 1.62 bits per heavy atom. The lowest BCUT2D eigenvalue weighted by Gasteiger charge is -2.22. The van der Waals surface area contributed by atoms with Gasteiger partial charge in [-0.2, -0.15) is 0 Å². The first-order valence-corrected chi connectivity index (χ1v) is 5.43. The second-order valence-corrected chi connectivity index (χ2v) is 3.55. The summed E-state index contributed by atoms with van der Waals surface area (Å²) in [6, 6.07) is 1.61. The molecule has 0 aliphatic rings. The summed E-state index contributed by atoms with van der Waals surface area (Å²) >= 11 is 0. The van der Waals surface area contributed by atoms with Crippen LogP contribution < -0.4 is 10.6 Å². The van der Waals surface area contributed by atoms with Gasteiger partial charge in [0.25, 0.3) is 0 Å². The minimum absolute atomic E-state index is 0.190. The zero-order valence-electron chi connectivity index (χ0n) is 9.62. The van der Waals surface area contributed by atoms with Crippen molar-refractivity contribution in [3.05, 3.63) is 36.3 Å². The fourth-order valence-electron chi connectivity index (χ4n) is 1.56. The molecule has 0 atom stereocenters. The fraction of sp³-hybridized carbons (Fsp3) is 0.417. The molecule has 0 radical (unpaired) electrons. The summed E-state index contributed by atoms with van der Waals surface area (Å²) in [6.07, 6.45) is 4.26. The molecule has 4 heteroatoms. The normalized spacial score (nSPS) is 10.2. The van der Waals surface area contributed by atoms with Crippen LogP contribution in [0, 0.1) is 5.82 Å². The van der Waals surface area contributed by atoms with Gasteiger partial charge in [-0.3, -0.25) is 0 Å². The molecule has 88 valence electrons. The summed E-state index contributed by atoms with van der Waals surface area (Å²) in [4.78, 5) is 5.93. The number of rotatable bonds is 6. The third-order valence-corrected chi connectivity index (χ3v) is 2.31. The van der Waals surface area contributed by atoms with E-state index in [0.29, 0.717) is 17.9 Å². The predicted octanol–water partition coefficient (Wildman–Crippen LogP) is 2.08. The Bertz CT molecular complexity index is 352. The van der Waals surface area contributed by atoms with E-state index in [2.05, 4.69) is 11.6 Å². The molecule has 1 heterocycles. The van der Waals surface area contributed by atoms with Gasteiger partial charge >= 0.3 is 0 Å². The lowest BCUT2D eigenvalue weighted by Crippen LogP contribution is -2.26. The second kappa shape index (κ2) is 6.23. The van der Waals surface area contributed by atoms with Crippen molar-refractivity contribution in [3.63, 3.8) is 0 Å². The van der Waals surface area contributed by atoms with Crippen LogP contribution in [-0.4, -0.2) is 18.1 Å². The molecule has 1 aromatic heterocycles. The van der Waals surface area contributed by atoms with Crippen molar-refractivity contribution in [2.24, 2.45) is 5.73 Å². The van der Waals surface area contributed by atoms with Crippen molar-refractivity contribution in [2.45, 2.75) is 19.9 Å². The van der Waals surface area contributed by atoms with Gasteiger partial charge < -0.3 is 10.6 Å². The standard InChI is InChI=1S/C12H18FN3/c1-3-7-16(8-4-2)12-11(13)10(9-14)5-6-15-12/h3,5-6H,1,4,7-9,14H2,2H3. The second-order valence-electron chi connectivity index (χ2n) is 3.55. The highest BCUT2D eigenvalue weighted by molar-refractivity contribution is 5.43. The van der Waals surface area contributed by atoms with E-state index in [1.165, 1.54) is 0 Å². The zero-order valence-corrected chi connectivity index (χ0v) is 9.62. The van der Waals surface area contributed by atoms with Gasteiger partial charge in [0.05, 0.1) is 0 Å². The van der Waals surface area contributed by atoms with Crippen LogP contribution in [0.5, 0.6) is 0 Å². The number of hydrogen-bond donors (Lipinski definition) is 1. The zero-order chi connectivity index (χ0) is 12.0. The fourth-order valence-corrected chi connectivity index (χ4v) is 1.56. The molecule has 0 aromatic carbocycles. The molecule has 0 amide bonds. The van der Waals surface area contributed by atoms with Gasteiger partial charge in [-0.15, -0.1) is 6.58 Å². The van der Waals surface area contributed by atoms with E-state index in [1.807, 2.05) is 11.8 Å². The summed E-state index contributed by atoms with van der Waals surface area (Å²) in [5, 5.41) is 0. The van der Waals surface area contributed by atoms with Crippen molar-refractivity contribution >= 4 is 5.82 Å². The summed E-state index contributed by atoms with van der Waals surface area (Å²) in [5.74, 6) is 0.0463. The van der Waals surface area contributed by atoms with Gasteiger partial charge in [0.2, 0.25) is 0 Å². The van der Waals surface area contributed by atoms with E-state index in [4.69, 9.17) is 5.73 Å². The lowest BCUT2D eigenvalue weighted by atomic mass is 10.2. The smallest absolute Gasteiger partial charge is 0.170 e. The lowest BCUT2D eigenvalue weighted by molar-refractivity contribution is 0.595. The maximum absolute atomic E-state index is 14.0. The number of pyridine rings is 1. The quantitative estimate of drug-likeness (QED) is 0.751. The number of nitrogens with zero attached hydrogens (tertiary/aromatic N) is 2.